The average Bonchev–Trinajstić information content (AvgIpc) is 2.82. The lowest BCUT2D eigenvalue weighted by Crippen LogP contribution is -2.37. The van der Waals surface area contributed by atoms with Gasteiger partial charge in [0, 0.05) is 12.5 Å². The van der Waals surface area contributed by atoms with Gasteiger partial charge in [0.25, 0.3) is 5.91 Å². The molecule has 1 atom stereocenters. The van der Waals surface area contributed by atoms with E-state index in [0.29, 0.717) is 0 Å². The number of carbonyl (C=O) groups excluding carboxylic acids is 2. The molecule has 1 aromatic heterocycles. The maximum absolute atomic E-state index is 12.8. The lowest BCUT2D eigenvalue weighted by Gasteiger charge is -2.11. The smallest absolute Gasteiger partial charge is 0.252 e. The number of rotatable bonds is 4. The molecule has 0 radical (unpaired) electrons. The van der Waals surface area contributed by atoms with Crippen molar-refractivity contribution in [1.29, 1.82) is 0 Å². The minimum Gasteiger partial charge on any atom is -0.423 e. The van der Waals surface area contributed by atoms with Gasteiger partial charge in [0.15, 0.2) is 6.04 Å². The minimum absolute atomic E-state index is 0.106. The van der Waals surface area contributed by atoms with Crippen LogP contribution in [0, 0.1) is 12.7 Å². The van der Waals surface area contributed by atoms with Crippen LogP contribution in [0.3, 0.4) is 0 Å². The van der Waals surface area contributed by atoms with Crippen LogP contribution in [-0.4, -0.2) is 22.0 Å². The van der Waals surface area contributed by atoms with Crippen LogP contribution in [-0.2, 0) is 4.79 Å². The monoisotopic (exact) mass is 278 g/mol. The van der Waals surface area contributed by atoms with Gasteiger partial charge >= 0.3 is 0 Å². The molecule has 8 heteroatoms. The molecule has 3 N–H and O–H groups in total. The first-order chi connectivity index (χ1) is 9.47. The van der Waals surface area contributed by atoms with Gasteiger partial charge in [0.05, 0.1) is 0 Å². The van der Waals surface area contributed by atoms with Crippen molar-refractivity contribution in [1.82, 2.24) is 15.5 Å². The Labute approximate surface area is 113 Å². The van der Waals surface area contributed by atoms with Gasteiger partial charge in [-0.05, 0) is 24.3 Å². The topological polar surface area (TPSA) is 111 Å². The number of nitrogens with one attached hydrogen (secondary N) is 1. The molecule has 2 rings (SSSR count). The van der Waals surface area contributed by atoms with E-state index in [9.17, 15) is 14.0 Å². The van der Waals surface area contributed by atoms with Crippen molar-refractivity contribution in [3.8, 4) is 0 Å². The number of primary amides is 1. The van der Waals surface area contributed by atoms with Gasteiger partial charge in [-0.2, -0.15) is 0 Å². The molecule has 0 saturated heterocycles. The third-order valence-electron chi connectivity index (χ3n) is 2.45. The van der Waals surface area contributed by atoms with Crippen molar-refractivity contribution in [3.05, 3.63) is 47.4 Å². The second kappa shape index (κ2) is 5.47. The van der Waals surface area contributed by atoms with Crippen molar-refractivity contribution >= 4 is 11.8 Å². The Hall–Kier alpha value is -2.77. The predicted molar refractivity (Wildman–Crippen MR) is 64.8 cm³/mol. The van der Waals surface area contributed by atoms with Gasteiger partial charge in [-0.1, -0.05) is 0 Å². The Kier molecular flexibility index (Phi) is 3.74. The summed E-state index contributed by atoms with van der Waals surface area (Å²) in [6, 6.07) is 3.58. The Morgan fingerprint density at radius 1 is 1.30 bits per heavy atom. The first kappa shape index (κ1) is 13.7. The molecule has 0 spiro atoms. The van der Waals surface area contributed by atoms with E-state index >= 15 is 0 Å². The molecule has 0 aliphatic rings. The van der Waals surface area contributed by atoms with Crippen molar-refractivity contribution < 1.29 is 18.4 Å². The summed E-state index contributed by atoms with van der Waals surface area (Å²) in [6.45, 7) is 1.54. The SMILES string of the molecule is Cc1nnc([C@H](NC(=O)c2ccc(F)cc2)C(N)=O)o1. The molecule has 104 valence electrons. The normalized spacial score (nSPS) is 11.9. The number of aryl methyl sites for hydroxylation is 1. The number of carbonyl (C=O) groups is 2. The Bertz CT molecular complexity index is 638. The molecular weight excluding hydrogens is 267 g/mol. The van der Waals surface area contributed by atoms with E-state index in [2.05, 4.69) is 15.5 Å². The molecule has 1 aromatic carbocycles. The van der Waals surface area contributed by atoms with Gasteiger partial charge in [-0.3, -0.25) is 9.59 Å². The Morgan fingerprint density at radius 2 is 1.95 bits per heavy atom. The zero-order chi connectivity index (χ0) is 14.7. The highest BCUT2D eigenvalue weighted by molar-refractivity contribution is 5.97. The first-order valence-corrected chi connectivity index (χ1v) is 5.63. The highest BCUT2D eigenvalue weighted by Gasteiger charge is 2.26. The molecule has 0 aliphatic carbocycles. The van der Waals surface area contributed by atoms with E-state index in [1.54, 1.807) is 0 Å². The van der Waals surface area contributed by atoms with Crippen LogP contribution in [0.15, 0.2) is 28.7 Å². The van der Waals surface area contributed by atoms with Crippen LogP contribution in [0.25, 0.3) is 0 Å². The lowest BCUT2D eigenvalue weighted by molar-refractivity contribution is -0.120. The van der Waals surface area contributed by atoms with Crippen molar-refractivity contribution in [3.63, 3.8) is 0 Å². The van der Waals surface area contributed by atoms with Crippen LogP contribution in [0.1, 0.15) is 28.2 Å². The van der Waals surface area contributed by atoms with Crippen LogP contribution < -0.4 is 11.1 Å². The minimum atomic E-state index is -1.24. The van der Waals surface area contributed by atoms with E-state index < -0.39 is 23.7 Å². The summed E-state index contributed by atoms with van der Waals surface area (Å²) < 4.78 is 17.8. The summed E-state index contributed by atoms with van der Waals surface area (Å²) in [7, 11) is 0. The predicted octanol–water partition coefficient (Wildman–Crippen LogP) is 0.474. The number of hydrogen-bond donors (Lipinski definition) is 2. The quantitative estimate of drug-likeness (QED) is 0.844. The number of benzene rings is 1. The maximum Gasteiger partial charge on any atom is 0.252 e. The van der Waals surface area contributed by atoms with Crippen LogP contribution in [0.2, 0.25) is 0 Å². The number of hydrogen-bond acceptors (Lipinski definition) is 5. The van der Waals surface area contributed by atoms with Gasteiger partial charge < -0.3 is 15.5 Å². The summed E-state index contributed by atoms with van der Waals surface area (Å²) >= 11 is 0. The average molecular weight is 278 g/mol. The fraction of sp³-hybridized carbons (Fsp3) is 0.167. The molecular formula is C12H11FN4O3. The summed E-state index contributed by atoms with van der Waals surface area (Å²) in [6.07, 6.45) is 0. The van der Waals surface area contributed by atoms with E-state index in [-0.39, 0.29) is 17.3 Å². The zero-order valence-corrected chi connectivity index (χ0v) is 10.5. The molecule has 0 bridgehead atoms. The number of halogens is 1. The molecule has 0 aliphatic heterocycles. The van der Waals surface area contributed by atoms with E-state index in [1.165, 1.54) is 19.1 Å². The molecule has 20 heavy (non-hydrogen) atoms. The van der Waals surface area contributed by atoms with E-state index in [4.69, 9.17) is 10.2 Å². The Morgan fingerprint density at radius 3 is 2.45 bits per heavy atom. The fourth-order valence-corrected chi connectivity index (χ4v) is 1.50. The zero-order valence-electron chi connectivity index (χ0n) is 10.5. The third kappa shape index (κ3) is 2.97. The summed E-state index contributed by atoms with van der Waals surface area (Å²) in [5, 5.41) is 9.54. The van der Waals surface area contributed by atoms with Gasteiger partial charge in [-0.15, -0.1) is 10.2 Å². The lowest BCUT2D eigenvalue weighted by atomic mass is 10.2. The van der Waals surface area contributed by atoms with E-state index in [1.807, 2.05) is 0 Å². The third-order valence-corrected chi connectivity index (χ3v) is 2.45. The van der Waals surface area contributed by atoms with Gasteiger partial charge in [0.1, 0.15) is 5.82 Å². The Balaban J connectivity index is 2.18. The molecule has 2 amide bonds. The van der Waals surface area contributed by atoms with Gasteiger partial charge in [-0.25, -0.2) is 4.39 Å². The van der Waals surface area contributed by atoms with E-state index in [0.717, 1.165) is 12.1 Å². The largest absolute Gasteiger partial charge is 0.423 e. The molecule has 0 fully saturated rings. The first-order valence-electron chi connectivity index (χ1n) is 5.63. The highest BCUT2D eigenvalue weighted by atomic mass is 19.1. The molecule has 2 aromatic rings. The number of aromatic nitrogens is 2. The summed E-state index contributed by atoms with van der Waals surface area (Å²) in [5.74, 6) is -1.79. The molecule has 0 unspecified atom stereocenters. The number of amides is 2. The van der Waals surface area contributed by atoms with Crippen molar-refractivity contribution in [2.24, 2.45) is 5.73 Å². The molecule has 1 heterocycles. The van der Waals surface area contributed by atoms with Crippen LogP contribution >= 0.6 is 0 Å². The van der Waals surface area contributed by atoms with Crippen molar-refractivity contribution in [2.45, 2.75) is 13.0 Å². The summed E-state index contributed by atoms with van der Waals surface area (Å²) in [5.41, 5.74) is 5.36. The van der Waals surface area contributed by atoms with Crippen LogP contribution in [0.5, 0.6) is 0 Å². The summed E-state index contributed by atoms with van der Waals surface area (Å²) in [4.78, 5) is 23.3. The molecule has 0 saturated carbocycles. The molecule has 7 nitrogen and oxygen atoms in total. The van der Waals surface area contributed by atoms with Gasteiger partial charge in [0.2, 0.25) is 17.7 Å². The standard InChI is InChI=1S/C12H11FN4O3/c1-6-16-17-12(20-6)9(10(14)18)15-11(19)7-2-4-8(13)5-3-7/h2-5,9H,1H3,(H2,14,18)(H,15,19)/t9-/m1/s1. The fourth-order valence-electron chi connectivity index (χ4n) is 1.50. The number of nitrogens with two attached hydrogens (primary N) is 1. The maximum atomic E-state index is 12.8. The highest BCUT2D eigenvalue weighted by Crippen LogP contribution is 2.12. The van der Waals surface area contributed by atoms with Crippen molar-refractivity contribution in [2.75, 3.05) is 0 Å². The van der Waals surface area contributed by atoms with Crippen LogP contribution in [0.4, 0.5) is 4.39 Å². The second-order valence-electron chi connectivity index (χ2n) is 3.98. The number of nitrogens with zero attached hydrogens (tertiary/aromatic N) is 2. The second-order valence-corrected chi connectivity index (χ2v) is 3.98.